The summed E-state index contributed by atoms with van der Waals surface area (Å²) in [5.74, 6) is 0. The minimum absolute atomic E-state index is 0.180. The van der Waals surface area contributed by atoms with Gasteiger partial charge in [-0.05, 0) is 11.1 Å². The fourth-order valence-corrected chi connectivity index (χ4v) is 3.14. The summed E-state index contributed by atoms with van der Waals surface area (Å²) in [6, 6.07) is 20.2. The molecule has 0 N–H and O–H groups in total. The fourth-order valence-electron chi connectivity index (χ4n) is 3.14. The van der Waals surface area contributed by atoms with Gasteiger partial charge in [-0.2, -0.15) is 0 Å². The van der Waals surface area contributed by atoms with E-state index >= 15 is 0 Å². The highest BCUT2D eigenvalue weighted by Crippen LogP contribution is 2.35. The van der Waals surface area contributed by atoms with Crippen LogP contribution >= 0.6 is 0 Å². The monoisotopic (exact) mass is 354 g/mol. The van der Waals surface area contributed by atoms with Gasteiger partial charge in [-0.1, -0.05) is 66.7 Å². The van der Waals surface area contributed by atoms with Crippen molar-refractivity contribution < 1.29 is 18.9 Å². The second kappa shape index (κ2) is 9.10. The maximum Gasteiger partial charge on any atom is 0.161 e. The lowest BCUT2D eigenvalue weighted by Gasteiger charge is -2.31. The van der Waals surface area contributed by atoms with Crippen molar-refractivity contribution in [1.82, 2.24) is 0 Å². The summed E-state index contributed by atoms with van der Waals surface area (Å²) in [4.78, 5) is 0. The Morgan fingerprint density at radius 3 is 2.23 bits per heavy atom. The molecular weight excluding hydrogens is 328 g/mol. The number of rotatable bonds is 9. The zero-order chi connectivity index (χ0) is 18.2. The van der Waals surface area contributed by atoms with E-state index in [0.29, 0.717) is 26.2 Å². The maximum atomic E-state index is 6.17. The van der Waals surface area contributed by atoms with Gasteiger partial charge in [0.15, 0.2) is 6.29 Å². The van der Waals surface area contributed by atoms with E-state index in [-0.39, 0.29) is 12.4 Å². The first-order valence-electron chi connectivity index (χ1n) is 8.87. The second-order valence-corrected chi connectivity index (χ2v) is 6.44. The third-order valence-corrected chi connectivity index (χ3v) is 4.64. The van der Waals surface area contributed by atoms with Crippen molar-refractivity contribution in [3.05, 3.63) is 84.4 Å². The Morgan fingerprint density at radius 1 is 1.04 bits per heavy atom. The summed E-state index contributed by atoms with van der Waals surface area (Å²) < 4.78 is 23.6. The van der Waals surface area contributed by atoms with E-state index in [9.17, 15) is 0 Å². The van der Waals surface area contributed by atoms with Crippen molar-refractivity contribution in [2.45, 2.75) is 37.6 Å². The average Bonchev–Trinajstić information content (AvgIpc) is 3.06. The Morgan fingerprint density at radius 2 is 1.65 bits per heavy atom. The van der Waals surface area contributed by atoms with Gasteiger partial charge in [0.25, 0.3) is 0 Å². The molecule has 0 radical (unpaired) electrons. The lowest BCUT2D eigenvalue weighted by molar-refractivity contribution is -0.171. The van der Waals surface area contributed by atoms with Crippen molar-refractivity contribution in [3.8, 4) is 0 Å². The Bertz CT molecular complexity index is 673. The molecule has 0 amide bonds. The quantitative estimate of drug-likeness (QED) is 0.635. The van der Waals surface area contributed by atoms with E-state index in [1.807, 2.05) is 60.7 Å². The van der Waals surface area contributed by atoms with E-state index in [1.54, 1.807) is 13.2 Å². The van der Waals surface area contributed by atoms with Gasteiger partial charge in [0.05, 0.1) is 25.9 Å². The molecule has 0 spiro atoms. The predicted octanol–water partition coefficient (Wildman–Crippen LogP) is 4.11. The number of hydrogen-bond acceptors (Lipinski definition) is 4. The highest BCUT2D eigenvalue weighted by molar-refractivity contribution is 5.15. The molecular formula is C22H26O4. The van der Waals surface area contributed by atoms with Gasteiger partial charge < -0.3 is 18.9 Å². The van der Waals surface area contributed by atoms with Gasteiger partial charge >= 0.3 is 0 Å². The highest BCUT2D eigenvalue weighted by Gasteiger charge is 2.48. The summed E-state index contributed by atoms with van der Waals surface area (Å²) in [5.41, 5.74) is 1.52. The van der Waals surface area contributed by atoms with E-state index in [4.69, 9.17) is 18.9 Å². The zero-order valence-electron chi connectivity index (χ0n) is 15.2. The van der Waals surface area contributed by atoms with Crippen molar-refractivity contribution in [2.24, 2.45) is 0 Å². The lowest BCUT2D eigenvalue weighted by Crippen LogP contribution is -2.43. The molecule has 3 rings (SSSR count). The molecule has 1 aliphatic heterocycles. The highest BCUT2D eigenvalue weighted by atomic mass is 16.7. The third kappa shape index (κ3) is 4.59. The number of hydrogen-bond donors (Lipinski definition) is 0. The largest absolute Gasteiger partial charge is 0.373 e. The van der Waals surface area contributed by atoms with Crippen LogP contribution in [0.5, 0.6) is 0 Å². The van der Waals surface area contributed by atoms with Crippen molar-refractivity contribution in [1.29, 1.82) is 0 Å². The molecule has 138 valence electrons. The molecule has 1 aliphatic rings. The summed E-state index contributed by atoms with van der Waals surface area (Å²) in [7, 11) is 1.64. The Hall–Kier alpha value is -1.98. The summed E-state index contributed by atoms with van der Waals surface area (Å²) in [6.07, 6.45) is 1.92. The molecule has 3 atom stereocenters. The first-order chi connectivity index (χ1) is 12.8. The molecule has 0 bridgehead atoms. The smallest absolute Gasteiger partial charge is 0.161 e. The van der Waals surface area contributed by atoms with E-state index in [2.05, 4.69) is 6.58 Å². The SMILES string of the molecule is C=CC1(COCc2ccccc2)OC(OC)CC1OCc1ccccc1. The van der Waals surface area contributed by atoms with Crippen LogP contribution in [0.15, 0.2) is 73.3 Å². The Labute approximate surface area is 155 Å². The van der Waals surface area contributed by atoms with Crippen LogP contribution in [-0.2, 0) is 32.2 Å². The Balaban J connectivity index is 1.63. The summed E-state index contributed by atoms with van der Waals surface area (Å²) in [6.45, 7) is 5.37. The Kier molecular flexibility index (Phi) is 6.58. The summed E-state index contributed by atoms with van der Waals surface area (Å²) >= 11 is 0. The van der Waals surface area contributed by atoms with Crippen LogP contribution in [0.1, 0.15) is 17.5 Å². The van der Waals surface area contributed by atoms with Gasteiger partial charge in [-0.15, -0.1) is 6.58 Å². The normalized spacial score (nSPS) is 25.3. The van der Waals surface area contributed by atoms with Crippen LogP contribution in [0.25, 0.3) is 0 Å². The van der Waals surface area contributed by atoms with Gasteiger partial charge in [-0.3, -0.25) is 0 Å². The molecule has 3 unspecified atom stereocenters. The molecule has 2 aromatic carbocycles. The third-order valence-electron chi connectivity index (χ3n) is 4.64. The topological polar surface area (TPSA) is 36.9 Å². The predicted molar refractivity (Wildman–Crippen MR) is 101 cm³/mol. The van der Waals surface area contributed by atoms with E-state index in [1.165, 1.54) is 0 Å². The molecule has 1 heterocycles. The number of ether oxygens (including phenoxy) is 4. The molecule has 0 aromatic heterocycles. The lowest BCUT2D eigenvalue weighted by atomic mass is 9.97. The van der Waals surface area contributed by atoms with Gasteiger partial charge in [-0.25, -0.2) is 0 Å². The van der Waals surface area contributed by atoms with Crippen molar-refractivity contribution in [2.75, 3.05) is 13.7 Å². The van der Waals surface area contributed by atoms with Crippen LogP contribution in [0.2, 0.25) is 0 Å². The minimum Gasteiger partial charge on any atom is -0.373 e. The van der Waals surface area contributed by atoms with Gasteiger partial charge in [0.1, 0.15) is 5.60 Å². The molecule has 0 aliphatic carbocycles. The molecule has 26 heavy (non-hydrogen) atoms. The maximum absolute atomic E-state index is 6.17. The van der Waals surface area contributed by atoms with Crippen LogP contribution in [0, 0.1) is 0 Å². The van der Waals surface area contributed by atoms with Gasteiger partial charge in [0, 0.05) is 13.5 Å². The first-order valence-corrected chi connectivity index (χ1v) is 8.87. The number of benzene rings is 2. The summed E-state index contributed by atoms with van der Waals surface area (Å²) in [5, 5.41) is 0. The minimum atomic E-state index is -0.718. The molecule has 4 nitrogen and oxygen atoms in total. The van der Waals surface area contributed by atoms with Crippen molar-refractivity contribution in [3.63, 3.8) is 0 Å². The fraction of sp³-hybridized carbons (Fsp3) is 0.364. The average molecular weight is 354 g/mol. The van der Waals surface area contributed by atoms with Crippen LogP contribution < -0.4 is 0 Å². The number of methoxy groups -OCH3 is 1. The standard InChI is InChI=1S/C22H26O4/c1-3-22(17-24-15-18-10-6-4-7-11-18)20(14-21(23-2)26-22)25-16-19-12-8-5-9-13-19/h3-13,20-21H,1,14-17H2,2H3. The van der Waals surface area contributed by atoms with E-state index in [0.717, 1.165) is 11.1 Å². The van der Waals surface area contributed by atoms with Gasteiger partial charge in [0.2, 0.25) is 0 Å². The molecule has 1 fully saturated rings. The van der Waals surface area contributed by atoms with Crippen LogP contribution in [0.4, 0.5) is 0 Å². The van der Waals surface area contributed by atoms with Crippen LogP contribution in [0.3, 0.4) is 0 Å². The molecule has 1 saturated heterocycles. The molecule has 0 saturated carbocycles. The molecule has 2 aromatic rings. The molecule has 4 heteroatoms. The zero-order valence-corrected chi connectivity index (χ0v) is 15.2. The van der Waals surface area contributed by atoms with E-state index < -0.39 is 5.60 Å². The van der Waals surface area contributed by atoms with Crippen LogP contribution in [-0.4, -0.2) is 31.7 Å². The van der Waals surface area contributed by atoms with Crippen molar-refractivity contribution >= 4 is 0 Å². The first kappa shape index (κ1) is 18.8. The second-order valence-electron chi connectivity index (χ2n) is 6.44.